The number of carbonyl (C=O) groups excluding carboxylic acids is 1. The average Bonchev–Trinajstić information content (AvgIpc) is 2.51. The lowest BCUT2D eigenvalue weighted by Crippen LogP contribution is -2.47. The molecule has 0 aromatic carbocycles. The van der Waals surface area contributed by atoms with Gasteiger partial charge in [-0.15, -0.1) is 0 Å². The predicted molar refractivity (Wildman–Crippen MR) is 94.8 cm³/mol. The molecule has 6 atom stereocenters. The highest BCUT2D eigenvalue weighted by Gasteiger charge is 2.26. The van der Waals surface area contributed by atoms with Crippen molar-refractivity contribution < 1.29 is 24.9 Å². The number of nitrogens with one attached hydrogen (secondary N) is 1. The Balaban J connectivity index is 4.13. The van der Waals surface area contributed by atoms with Gasteiger partial charge in [-0.2, -0.15) is 0 Å². The van der Waals surface area contributed by atoms with Crippen LogP contribution in [0.5, 0.6) is 0 Å². The van der Waals surface area contributed by atoms with Crippen LogP contribution in [-0.4, -0.2) is 65.7 Å². The molecule has 0 heterocycles. The zero-order chi connectivity index (χ0) is 18.8. The summed E-state index contributed by atoms with van der Waals surface area (Å²) in [5, 5.41) is 33.4. The van der Waals surface area contributed by atoms with E-state index in [9.17, 15) is 20.1 Å². The molecule has 6 heteroatoms. The highest BCUT2D eigenvalue weighted by molar-refractivity contribution is 5.52. The molecule has 0 aromatic rings. The van der Waals surface area contributed by atoms with Gasteiger partial charge in [0.1, 0.15) is 12.4 Å². The summed E-state index contributed by atoms with van der Waals surface area (Å²) in [6, 6.07) is -0.268. The SMILES string of the molecule is COCC(O)C(O)C(C)NC[C@H](C)C[C@@](C)(O)CCCC(C)C=O. The van der Waals surface area contributed by atoms with Crippen LogP contribution >= 0.6 is 0 Å². The van der Waals surface area contributed by atoms with E-state index in [2.05, 4.69) is 5.32 Å². The molecule has 0 aromatic heterocycles. The second-order valence-corrected chi connectivity index (χ2v) is 7.52. The Morgan fingerprint density at radius 1 is 1.25 bits per heavy atom. The van der Waals surface area contributed by atoms with Gasteiger partial charge in [-0.25, -0.2) is 0 Å². The van der Waals surface area contributed by atoms with Crippen molar-refractivity contribution in [2.75, 3.05) is 20.3 Å². The highest BCUT2D eigenvalue weighted by atomic mass is 16.5. The molecule has 144 valence electrons. The van der Waals surface area contributed by atoms with Gasteiger partial charge in [-0.1, -0.05) is 13.8 Å². The fourth-order valence-electron chi connectivity index (χ4n) is 2.91. The number of aliphatic hydroxyl groups is 3. The van der Waals surface area contributed by atoms with E-state index in [0.717, 1.165) is 19.1 Å². The van der Waals surface area contributed by atoms with E-state index in [1.54, 1.807) is 0 Å². The Labute approximate surface area is 146 Å². The smallest absolute Gasteiger partial charge is 0.122 e. The third-order valence-electron chi connectivity index (χ3n) is 4.43. The topological polar surface area (TPSA) is 99.0 Å². The molecule has 0 aliphatic rings. The van der Waals surface area contributed by atoms with E-state index in [1.807, 2.05) is 27.7 Å². The number of hydrogen-bond acceptors (Lipinski definition) is 6. The lowest BCUT2D eigenvalue weighted by atomic mass is 9.87. The lowest BCUT2D eigenvalue weighted by molar-refractivity contribution is -0.110. The van der Waals surface area contributed by atoms with Gasteiger partial charge in [-0.3, -0.25) is 0 Å². The molecule has 0 saturated heterocycles. The van der Waals surface area contributed by atoms with E-state index >= 15 is 0 Å². The first-order chi connectivity index (χ1) is 11.1. The Hall–Kier alpha value is -0.530. The van der Waals surface area contributed by atoms with Gasteiger partial charge in [0.25, 0.3) is 0 Å². The first kappa shape index (κ1) is 23.5. The minimum absolute atomic E-state index is 0.0424. The van der Waals surface area contributed by atoms with Crippen LogP contribution in [0, 0.1) is 11.8 Å². The number of carbonyl (C=O) groups is 1. The number of aldehydes is 1. The second-order valence-electron chi connectivity index (χ2n) is 7.52. The molecule has 0 spiro atoms. The van der Waals surface area contributed by atoms with Gasteiger partial charge in [0.05, 0.1) is 18.3 Å². The number of aliphatic hydroxyl groups excluding tert-OH is 2. The molecule has 0 aliphatic heterocycles. The zero-order valence-electron chi connectivity index (χ0n) is 15.9. The van der Waals surface area contributed by atoms with Gasteiger partial charge >= 0.3 is 0 Å². The van der Waals surface area contributed by atoms with Crippen LogP contribution < -0.4 is 5.32 Å². The molecule has 4 N–H and O–H groups in total. The molecule has 0 aliphatic carbocycles. The van der Waals surface area contributed by atoms with Gasteiger partial charge in [0.15, 0.2) is 0 Å². The Morgan fingerprint density at radius 3 is 2.42 bits per heavy atom. The molecule has 0 amide bonds. The summed E-state index contributed by atoms with van der Waals surface area (Å²) in [5.74, 6) is 0.262. The Bertz CT molecular complexity index is 337. The minimum Gasteiger partial charge on any atom is -0.390 e. The molecular formula is C18H37NO5. The third-order valence-corrected chi connectivity index (χ3v) is 4.43. The maximum absolute atomic E-state index is 10.6. The fraction of sp³-hybridized carbons (Fsp3) is 0.944. The number of ether oxygens (including phenoxy) is 1. The van der Waals surface area contributed by atoms with Gasteiger partial charge in [0, 0.05) is 19.1 Å². The van der Waals surface area contributed by atoms with Crippen molar-refractivity contribution in [1.29, 1.82) is 0 Å². The number of rotatable bonds is 14. The summed E-state index contributed by atoms with van der Waals surface area (Å²) in [7, 11) is 1.48. The Kier molecular flexibility index (Phi) is 11.7. The van der Waals surface area contributed by atoms with E-state index in [-0.39, 0.29) is 24.5 Å². The summed E-state index contributed by atoms with van der Waals surface area (Å²) in [6.45, 7) is 8.31. The van der Waals surface area contributed by atoms with E-state index < -0.39 is 17.8 Å². The predicted octanol–water partition coefficient (Wildman–Crippen LogP) is 1.12. The van der Waals surface area contributed by atoms with Crippen molar-refractivity contribution in [3.63, 3.8) is 0 Å². The summed E-state index contributed by atoms with van der Waals surface area (Å²) in [6.07, 6.45) is 2.06. The molecule has 4 unspecified atom stereocenters. The minimum atomic E-state index is -0.921. The molecule has 0 radical (unpaired) electrons. The van der Waals surface area contributed by atoms with Crippen LogP contribution in [0.3, 0.4) is 0 Å². The van der Waals surface area contributed by atoms with E-state index in [1.165, 1.54) is 7.11 Å². The molecular weight excluding hydrogens is 310 g/mol. The van der Waals surface area contributed by atoms with E-state index in [4.69, 9.17) is 4.74 Å². The first-order valence-electron chi connectivity index (χ1n) is 8.89. The standard InChI is InChI=1S/C18H37NO5/c1-13(11-20)7-6-8-18(4,23)9-14(2)10-19-15(3)17(22)16(21)12-24-5/h11,13-17,19,21-23H,6-10,12H2,1-5H3/t13?,14-,15?,16?,17?,18+/m1/s1. The van der Waals surface area contributed by atoms with Crippen LogP contribution in [0.4, 0.5) is 0 Å². The quantitative estimate of drug-likeness (QED) is 0.351. The summed E-state index contributed by atoms with van der Waals surface area (Å²) >= 11 is 0. The average molecular weight is 347 g/mol. The summed E-state index contributed by atoms with van der Waals surface area (Å²) in [5.41, 5.74) is -0.763. The molecule has 0 rings (SSSR count). The lowest BCUT2D eigenvalue weighted by Gasteiger charge is -2.29. The normalized spacial score (nSPS) is 20.7. The van der Waals surface area contributed by atoms with Gasteiger partial charge < -0.3 is 30.2 Å². The monoisotopic (exact) mass is 347 g/mol. The van der Waals surface area contributed by atoms with Crippen LogP contribution in [0.15, 0.2) is 0 Å². The van der Waals surface area contributed by atoms with Crippen LogP contribution in [0.25, 0.3) is 0 Å². The van der Waals surface area contributed by atoms with Crippen LogP contribution in [0.1, 0.15) is 53.4 Å². The molecule has 0 saturated carbocycles. The van der Waals surface area contributed by atoms with Gasteiger partial charge in [-0.05, 0) is 52.0 Å². The summed E-state index contributed by atoms with van der Waals surface area (Å²) in [4.78, 5) is 10.6. The van der Waals surface area contributed by atoms with Crippen molar-refractivity contribution in [2.24, 2.45) is 11.8 Å². The van der Waals surface area contributed by atoms with Crippen molar-refractivity contribution in [3.05, 3.63) is 0 Å². The highest BCUT2D eigenvalue weighted by Crippen LogP contribution is 2.23. The summed E-state index contributed by atoms with van der Waals surface area (Å²) < 4.78 is 4.84. The Morgan fingerprint density at radius 2 is 1.88 bits per heavy atom. The second kappa shape index (κ2) is 11.9. The molecule has 24 heavy (non-hydrogen) atoms. The zero-order valence-corrected chi connectivity index (χ0v) is 15.9. The molecule has 0 bridgehead atoms. The first-order valence-corrected chi connectivity index (χ1v) is 8.89. The van der Waals surface area contributed by atoms with Crippen LogP contribution in [-0.2, 0) is 9.53 Å². The molecule has 6 nitrogen and oxygen atoms in total. The largest absolute Gasteiger partial charge is 0.390 e. The number of hydrogen-bond donors (Lipinski definition) is 4. The van der Waals surface area contributed by atoms with Crippen molar-refractivity contribution >= 4 is 6.29 Å². The fourth-order valence-corrected chi connectivity index (χ4v) is 2.91. The maximum Gasteiger partial charge on any atom is 0.122 e. The third kappa shape index (κ3) is 10.4. The van der Waals surface area contributed by atoms with Crippen molar-refractivity contribution in [3.8, 4) is 0 Å². The van der Waals surface area contributed by atoms with Crippen molar-refractivity contribution in [2.45, 2.75) is 77.2 Å². The molecule has 0 fully saturated rings. The van der Waals surface area contributed by atoms with Crippen LogP contribution in [0.2, 0.25) is 0 Å². The van der Waals surface area contributed by atoms with Gasteiger partial charge in [0.2, 0.25) is 0 Å². The maximum atomic E-state index is 10.6. The van der Waals surface area contributed by atoms with E-state index in [0.29, 0.717) is 19.4 Å². The number of methoxy groups -OCH3 is 1. The van der Waals surface area contributed by atoms with Crippen molar-refractivity contribution in [1.82, 2.24) is 5.32 Å².